The lowest BCUT2D eigenvalue weighted by Crippen LogP contribution is -2.22. The zero-order valence-electron chi connectivity index (χ0n) is 8.76. The van der Waals surface area contributed by atoms with Crippen molar-refractivity contribution in [1.29, 1.82) is 0 Å². The first-order chi connectivity index (χ1) is 6.98. The molecule has 0 heterocycles. The van der Waals surface area contributed by atoms with Gasteiger partial charge in [-0.15, -0.1) is 0 Å². The van der Waals surface area contributed by atoms with Gasteiger partial charge < -0.3 is 11.5 Å². The molecule has 0 aromatic carbocycles. The Labute approximate surface area is 89.0 Å². The highest BCUT2D eigenvalue weighted by atomic mass is 31.2. The van der Waals surface area contributed by atoms with Crippen LogP contribution in [-0.4, -0.2) is 17.5 Å². The van der Waals surface area contributed by atoms with E-state index in [4.69, 9.17) is 16.4 Å². The predicted octanol–water partition coefficient (Wildman–Crippen LogP) is 0.889. The van der Waals surface area contributed by atoms with Gasteiger partial charge in [0.1, 0.15) is 0 Å². The van der Waals surface area contributed by atoms with Crippen LogP contribution in [0.25, 0.3) is 0 Å². The molecule has 8 heteroatoms. The summed E-state index contributed by atoms with van der Waals surface area (Å²) in [5.74, 6) is -0.432. The number of rotatable bonds is 8. The third-order valence-corrected chi connectivity index (χ3v) is 2.30. The van der Waals surface area contributed by atoms with E-state index in [9.17, 15) is 4.57 Å². The van der Waals surface area contributed by atoms with Gasteiger partial charge in [-0.2, -0.15) is 0 Å². The summed E-state index contributed by atoms with van der Waals surface area (Å²) in [6.07, 6.45) is 3.79. The molecule has 0 rings (SSSR count). The van der Waals surface area contributed by atoms with Gasteiger partial charge in [-0.1, -0.05) is 26.2 Å². The Kier molecular flexibility index (Phi) is 7.11. The summed E-state index contributed by atoms with van der Waals surface area (Å²) in [4.78, 5) is 9.01. The van der Waals surface area contributed by atoms with Gasteiger partial charge in [0.05, 0.1) is 6.61 Å². The van der Waals surface area contributed by atoms with Gasteiger partial charge in [-0.3, -0.25) is 14.0 Å². The molecule has 1 atom stereocenters. The van der Waals surface area contributed by atoms with Crippen molar-refractivity contribution in [1.82, 2.24) is 0 Å². The lowest BCUT2D eigenvalue weighted by Gasteiger charge is -2.08. The van der Waals surface area contributed by atoms with Crippen molar-refractivity contribution < 1.29 is 18.6 Å². The Bertz CT molecular complexity index is 242. The van der Waals surface area contributed by atoms with Crippen molar-refractivity contribution in [3.63, 3.8) is 0 Å². The van der Waals surface area contributed by atoms with Crippen molar-refractivity contribution in [2.24, 2.45) is 16.6 Å². The topological polar surface area (TPSA) is 120 Å². The molecule has 0 amide bonds. The fourth-order valence-corrected chi connectivity index (χ4v) is 1.44. The second-order valence-electron chi connectivity index (χ2n) is 2.96. The molecule has 0 aliphatic heterocycles. The van der Waals surface area contributed by atoms with Gasteiger partial charge in [0.15, 0.2) is 0 Å². The second-order valence-corrected chi connectivity index (χ2v) is 4.32. The molecule has 0 spiro atoms. The molecule has 0 aromatic heterocycles. The van der Waals surface area contributed by atoms with Gasteiger partial charge in [0, 0.05) is 0 Å². The number of hydrogen-bond acceptors (Lipinski definition) is 4. The normalized spacial score (nSPS) is 14.3. The Morgan fingerprint density at radius 1 is 1.40 bits per heavy atom. The predicted molar refractivity (Wildman–Crippen MR) is 56.8 cm³/mol. The quantitative estimate of drug-likeness (QED) is 0.190. The van der Waals surface area contributed by atoms with Gasteiger partial charge >= 0.3 is 7.82 Å². The van der Waals surface area contributed by atoms with Gasteiger partial charge in [0.2, 0.25) is 5.96 Å². The van der Waals surface area contributed by atoms with E-state index in [0.717, 1.165) is 19.3 Å². The minimum absolute atomic E-state index is 0.147. The Morgan fingerprint density at radius 3 is 2.60 bits per heavy atom. The number of hydrogen-bond donors (Lipinski definition) is 3. The zero-order chi connectivity index (χ0) is 11.7. The minimum Gasteiger partial charge on any atom is -0.367 e. The molecular formula is C7H18N3O4P. The second kappa shape index (κ2) is 7.50. The molecule has 0 radical (unpaired) electrons. The van der Waals surface area contributed by atoms with E-state index in [0.29, 0.717) is 6.42 Å². The minimum atomic E-state index is -4.14. The zero-order valence-corrected chi connectivity index (χ0v) is 9.65. The molecule has 0 aliphatic carbocycles. The monoisotopic (exact) mass is 239 g/mol. The smallest absolute Gasteiger partial charge is 0.367 e. The van der Waals surface area contributed by atoms with E-state index in [2.05, 4.69) is 21.2 Å². The van der Waals surface area contributed by atoms with Crippen LogP contribution in [-0.2, 0) is 13.7 Å². The Morgan fingerprint density at radius 2 is 2.07 bits per heavy atom. The molecule has 0 aromatic rings. The first-order valence-electron chi connectivity index (χ1n) is 4.73. The molecule has 7 nitrogen and oxygen atoms in total. The maximum absolute atomic E-state index is 11.0. The Hall–Kier alpha value is -0.780. The van der Waals surface area contributed by atoms with Crippen LogP contribution in [0.2, 0.25) is 0 Å². The molecule has 1 unspecified atom stereocenters. The summed E-state index contributed by atoms with van der Waals surface area (Å²) in [5.41, 5.74) is 9.82. The lowest BCUT2D eigenvalue weighted by atomic mass is 10.2. The maximum atomic E-state index is 11.0. The molecular weight excluding hydrogens is 221 g/mol. The summed E-state index contributed by atoms with van der Waals surface area (Å²) in [6.45, 7) is 2.22. The summed E-state index contributed by atoms with van der Waals surface area (Å²) >= 11 is 0. The summed E-state index contributed by atoms with van der Waals surface area (Å²) in [5, 5.41) is 2.95. The Balaban J connectivity index is 3.65. The number of oxime groups is 1. The average Bonchev–Trinajstić information content (AvgIpc) is 2.15. The highest BCUT2D eigenvalue weighted by Gasteiger charge is 2.21. The molecule has 15 heavy (non-hydrogen) atoms. The molecule has 0 bridgehead atoms. The fraction of sp³-hybridized carbons (Fsp3) is 0.857. The number of nitrogens with two attached hydrogens (primary N) is 2. The molecule has 90 valence electrons. The van der Waals surface area contributed by atoms with Crippen LogP contribution in [0.5, 0.6) is 0 Å². The van der Waals surface area contributed by atoms with Gasteiger partial charge in [0.25, 0.3) is 0 Å². The van der Waals surface area contributed by atoms with Crippen LogP contribution >= 0.6 is 7.82 Å². The number of phosphoric acid groups is 1. The molecule has 5 N–H and O–H groups in total. The van der Waals surface area contributed by atoms with Crippen molar-refractivity contribution in [2.45, 2.75) is 32.6 Å². The number of nitrogens with zero attached hydrogens (tertiary/aromatic N) is 1. The fourth-order valence-electron chi connectivity index (χ4n) is 0.831. The lowest BCUT2D eigenvalue weighted by molar-refractivity contribution is 0.151. The van der Waals surface area contributed by atoms with E-state index in [1.165, 1.54) is 0 Å². The van der Waals surface area contributed by atoms with Crippen LogP contribution in [0.3, 0.4) is 0 Å². The van der Waals surface area contributed by atoms with Crippen LogP contribution in [0.4, 0.5) is 0 Å². The van der Waals surface area contributed by atoms with Crippen LogP contribution < -0.4 is 11.5 Å². The summed E-state index contributed by atoms with van der Waals surface area (Å²) in [6, 6.07) is 0. The highest BCUT2D eigenvalue weighted by molar-refractivity contribution is 7.47. The standard InChI is InChI=1S/C7H18N3O4P/c1-2-3-4-5-6-13-15(11,12)14-10-7(8)9/h2-6H2,1H3,(H,11,12)(H4,8,9,10). The van der Waals surface area contributed by atoms with Crippen molar-refractivity contribution >= 4 is 13.8 Å². The van der Waals surface area contributed by atoms with Crippen LogP contribution in [0.15, 0.2) is 5.16 Å². The average molecular weight is 239 g/mol. The molecule has 0 saturated heterocycles. The number of phosphoric ester groups is 1. The third kappa shape index (κ3) is 9.52. The molecule has 0 saturated carbocycles. The van der Waals surface area contributed by atoms with E-state index >= 15 is 0 Å². The summed E-state index contributed by atoms with van der Waals surface area (Å²) < 4.78 is 19.8. The molecule has 0 aliphatic rings. The highest BCUT2D eigenvalue weighted by Crippen LogP contribution is 2.43. The van der Waals surface area contributed by atoms with Gasteiger partial charge in [-0.25, -0.2) is 4.57 Å². The van der Waals surface area contributed by atoms with Crippen LogP contribution in [0.1, 0.15) is 32.6 Å². The van der Waals surface area contributed by atoms with Gasteiger partial charge in [-0.05, 0) is 11.6 Å². The van der Waals surface area contributed by atoms with Crippen molar-refractivity contribution in [2.75, 3.05) is 6.61 Å². The van der Waals surface area contributed by atoms with Crippen LogP contribution in [0, 0.1) is 0 Å². The third-order valence-electron chi connectivity index (χ3n) is 1.50. The summed E-state index contributed by atoms with van der Waals surface area (Å²) in [7, 11) is -4.14. The van der Waals surface area contributed by atoms with Crippen molar-refractivity contribution in [3.05, 3.63) is 0 Å². The largest absolute Gasteiger partial charge is 0.547 e. The first-order valence-corrected chi connectivity index (χ1v) is 6.22. The number of unbranched alkanes of at least 4 members (excludes halogenated alkanes) is 3. The maximum Gasteiger partial charge on any atom is 0.547 e. The van der Waals surface area contributed by atoms with E-state index < -0.39 is 13.8 Å². The first kappa shape index (κ1) is 14.2. The SMILES string of the molecule is CCCCCCOP(=O)(O)ON=C(N)N. The number of guanidine groups is 1. The van der Waals surface area contributed by atoms with E-state index in [-0.39, 0.29) is 6.61 Å². The van der Waals surface area contributed by atoms with E-state index in [1.807, 2.05) is 0 Å². The van der Waals surface area contributed by atoms with E-state index in [1.54, 1.807) is 0 Å². The van der Waals surface area contributed by atoms with Crippen molar-refractivity contribution in [3.8, 4) is 0 Å². The molecule has 0 fully saturated rings.